The third-order valence-electron chi connectivity index (χ3n) is 2.30. The molecular weight excluding hydrogens is 205 g/mol. The van der Waals surface area contributed by atoms with Crippen molar-refractivity contribution in [3.8, 4) is 0 Å². The van der Waals surface area contributed by atoms with E-state index in [0.29, 0.717) is 13.1 Å². The van der Waals surface area contributed by atoms with E-state index in [4.69, 9.17) is 5.73 Å². The van der Waals surface area contributed by atoms with Crippen LogP contribution < -0.4 is 5.73 Å². The lowest BCUT2D eigenvalue weighted by Gasteiger charge is -2.31. The average molecular weight is 226 g/mol. The molecule has 0 aromatic rings. The standard InChI is InChI=1S/C10H21F3N2/c1-3-5-9(7-14)15(6-4-2)8-10(11,12)13/h9H,3-8,14H2,1-2H3. The predicted molar refractivity (Wildman–Crippen MR) is 55.7 cm³/mol. The summed E-state index contributed by atoms with van der Waals surface area (Å²) in [5, 5.41) is 0. The topological polar surface area (TPSA) is 29.3 Å². The summed E-state index contributed by atoms with van der Waals surface area (Å²) in [6, 6.07) is -0.142. The molecule has 5 heteroatoms. The Morgan fingerprint density at radius 1 is 1.20 bits per heavy atom. The predicted octanol–water partition coefficient (Wildman–Crippen LogP) is 2.39. The molecule has 0 saturated heterocycles. The van der Waals surface area contributed by atoms with Gasteiger partial charge in [0.2, 0.25) is 0 Å². The number of nitrogens with zero attached hydrogens (tertiary/aromatic N) is 1. The van der Waals surface area contributed by atoms with Crippen molar-refractivity contribution in [1.82, 2.24) is 4.90 Å². The molecule has 0 aliphatic rings. The molecule has 1 atom stereocenters. The van der Waals surface area contributed by atoms with Gasteiger partial charge in [-0.25, -0.2) is 0 Å². The van der Waals surface area contributed by atoms with Crippen LogP contribution in [-0.2, 0) is 0 Å². The molecule has 0 aliphatic heterocycles. The monoisotopic (exact) mass is 226 g/mol. The van der Waals surface area contributed by atoms with Crippen LogP contribution in [0.1, 0.15) is 33.1 Å². The van der Waals surface area contributed by atoms with E-state index in [-0.39, 0.29) is 6.04 Å². The fourth-order valence-corrected chi connectivity index (χ4v) is 1.69. The van der Waals surface area contributed by atoms with Crippen LogP contribution in [0.15, 0.2) is 0 Å². The largest absolute Gasteiger partial charge is 0.401 e. The molecule has 0 fully saturated rings. The summed E-state index contributed by atoms with van der Waals surface area (Å²) in [6.45, 7) is 3.75. The van der Waals surface area contributed by atoms with Gasteiger partial charge in [0, 0.05) is 12.6 Å². The van der Waals surface area contributed by atoms with Gasteiger partial charge in [-0.1, -0.05) is 20.3 Å². The number of alkyl halides is 3. The van der Waals surface area contributed by atoms with Crippen molar-refractivity contribution in [2.45, 2.75) is 45.3 Å². The highest BCUT2D eigenvalue weighted by Crippen LogP contribution is 2.19. The molecule has 0 bridgehead atoms. The zero-order valence-electron chi connectivity index (χ0n) is 9.48. The van der Waals surface area contributed by atoms with Crippen molar-refractivity contribution in [2.75, 3.05) is 19.6 Å². The average Bonchev–Trinajstić information content (AvgIpc) is 2.11. The van der Waals surface area contributed by atoms with E-state index >= 15 is 0 Å². The Morgan fingerprint density at radius 3 is 2.13 bits per heavy atom. The van der Waals surface area contributed by atoms with Crippen LogP contribution in [-0.4, -0.2) is 36.8 Å². The molecular formula is C10H21F3N2. The molecule has 15 heavy (non-hydrogen) atoms. The summed E-state index contributed by atoms with van der Waals surface area (Å²) < 4.78 is 36.9. The second kappa shape index (κ2) is 7.06. The first-order valence-electron chi connectivity index (χ1n) is 5.45. The Morgan fingerprint density at radius 2 is 1.80 bits per heavy atom. The third-order valence-corrected chi connectivity index (χ3v) is 2.30. The number of halogens is 3. The molecule has 0 aromatic heterocycles. The first kappa shape index (κ1) is 14.7. The van der Waals surface area contributed by atoms with Crippen molar-refractivity contribution in [3.63, 3.8) is 0 Å². The van der Waals surface area contributed by atoms with Gasteiger partial charge in [0.05, 0.1) is 6.54 Å². The van der Waals surface area contributed by atoms with Gasteiger partial charge in [0.1, 0.15) is 0 Å². The molecule has 0 aliphatic carbocycles. The maximum atomic E-state index is 12.3. The summed E-state index contributed by atoms with van der Waals surface area (Å²) in [7, 11) is 0. The minimum atomic E-state index is -4.13. The Kier molecular flexibility index (Phi) is 6.92. The van der Waals surface area contributed by atoms with E-state index in [1.807, 2.05) is 13.8 Å². The van der Waals surface area contributed by atoms with Crippen LogP contribution in [0.25, 0.3) is 0 Å². The van der Waals surface area contributed by atoms with Gasteiger partial charge in [0.15, 0.2) is 0 Å². The molecule has 2 N–H and O–H groups in total. The van der Waals surface area contributed by atoms with Crippen molar-refractivity contribution in [1.29, 1.82) is 0 Å². The van der Waals surface area contributed by atoms with E-state index in [9.17, 15) is 13.2 Å². The van der Waals surface area contributed by atoms with Crippen LogP contribution in [0.2, 0.25) is 0 Å². The molecule has 2 nitrogen and oxygen atoms in total. The van der Waals surface area contributed by atoms with Crippen LogP contribution in [0.3, 0.4) is 0 Å². The first-order chi connectivity index (χ1) is 6.94. The SMILES string of the molecule is CCCC(CN)N(CCC)CC(F)(F)F. The maximum Gasteiger partial charge on any atom is 0.401 e. The van der Waals surface area contributed by atoms with Crippen LogP contribution in [0.5, 0.6) is 0 Å². The van der Waals surface area contributed by atoms with Crippen molar-refractivity contribution in [3.05, 3.63) is 0 Å². The molecule has 0 spiro atoms. The van der Waals surface area contributed by atoms with Crippen molar-refractivity contribution >= 4 is 0 Å². The lowest BCUT2D eigenvalue weighted by Crippen LogP contribution is -2.45. The van der Waals surface area contributed by atoms with E-state index in [0.717, 1.165) is 19.3 Å². The van der Waals surface area contributed by atoms with Gasteiger partial charge >= 0.3 is 6.18 Å². The lowest BCUT2D eigenvalue weighted by molar-refractivity contribution is -0.150. The van der Waals surface area contributed by atoms with Crippen molar-refractivity contribution in [2.24, 2.45) is 5.73 Å². The van der Waals surface area contributed by atoms with E-state index in [2.05, 4.69) is 0 Å². The fourth-order valence-electron chi connectivity index (χ4n) is 1.69. The van der Waals surface area contributed by atoms with Crippen LogP contribution in [0, 0.1) is 0 Å². The summed E-state index contributed by atoms with van der Waals surface area (Å²) in [6.07, 6.45) is -1.82. The minimum Gasteiger partial charge on any atom is -0.329 e. The number of hydrogen-bond donors (Lipinski definition) is 1. The molecule has 0 aromatic carbocycles. The quantitative estimate of drug-likeness (QED) is 0.722. The Balaban J connectivity index is 4.33. The van der Waals surface area contributed by atoms with E-state index in [1.54, 1.807) is 0 Å². The lowest BCUT2D eigenvalue weighted by atomic mass is 10.1. The minimum absolute atomic E-state index is 0.142. The second-order valence-electron chi connectivity index (χ2n) is 3.76. The smallest absolute Gasteiger partial charge is 0.329 e. The number of rotatable bonds is 7. The molecule has 0 heterocycles. The zero-order chi connectivity index (χ0) is 11.9. The van der Waals surface area contributed by atoms with E-state index < -0.39 is 12.7 Å². The van der Waals surface area contributed by atoms with E-state index in [1.165, 1.54) is 4.90 Å². The summed E-state index contributed by atoms with van der Waals surface area (Å²) in [5.74, 6) is 0. The molecule has 1 unspecified atom stereocenters. The zero-order valence-corrected chi connectivity index (χ0v) is 9.48. The molecule has 92 valence electrons. The van der Waals surface area contributed by atoms with Gasteiger partial charge in [0.25, 0.3) is 0 Å². The first-order valence-corrected chi connectivity index (χ1v) is 5.45. The summed E-state index contributed by atoms with van der Waals surface area (Å²) in [4.78, 5) is 1.45. The fraction of sp³-hybridized carbons (Fsp3) is 1.00. The van der Waals surface area contributed by atoms with Gasteiger partial charge in [-0.3, -0.25) is 4.90 Å². The molecule has 0 radical (unpaired) electrons. The summed E-state index contributed by atoms with van der Waals surface area (Å²) >= 11 is 0. The van der Waals surface area contributed by atoms with Gasteiger partial charge in [-0.2, -0.15) is 13.2 Å². The Bertz CT molecular complexity index is 159. The Labute approximate surface area is 89.6 Å². The maximum absolute atomic E-state index is 12.3. The highest BCUT2D eigenvalue weighted by atomic mass is 19.4. The molecule has 0 amide bonds. The molecule has 0 rings (SSSR count). The highest BCUT2D eigenvalue weighted by molar-refractivity contribution is 4.74. The summed E-state index contributed by atoms with van der Waals surface area (Å²) in [5.41, 5.74) is 5.50. The second-order valence-corrected chi connectivity index (χ2v) is 3.76. The number of nitrogens with two attached hydrogens (primary N) is 1. The Hall–Kier alpha value is -0.290. The van der Waals surface area contributed by atoms with Gasteiger partial charge in [-0.15, -0.1) is 0 Å². The molecule has 0 saturated carbocycles. The van der Waals surface area contributed by atoms with Crippen LogP contribution in [0.4, 0.5) is 13.2 Å². The number of hydrogen-bond acceptors (Lipinski definition) is 2. The third kappa shape index (κ3) is 6.73. The normalized spacial score (nSPS) is 14.6. The van der Waals surface area contributed by atoms with Crippen molar-refractivity contribution < 1.29 is 13.2 Å². The van der Waals surface area contributed by atoms with Crippen LogP contribution >= 0.6 is 0 Å². The highest BCUT2D eigenvalue weighted by Gasteiger charge is 2.32. The van der Waals surface area contributed by atoms with Gasteiger partial charge in [-0.05, 0) is 19.4 Å². The van der Waals surface area contributed by atoms with Gasteiger partial charge < -0.3 is 5.73 Å².